The van der Waals surface area contributed by atoms with E-state index < -0.39 is 15.9 Å². The molecule has 0 unspecified atom stereocenters. The molecule has 1 amide bonds. The number of sulfonamides is 1. The van der Waals surface area contributed by atoms with Gasteiger partial charge in [0.15, 0.2) is 0 Å². The topological polar surface area (TPSA) is 98.5 Å². The Hall–Kier alpha value is -1.90. The standard InChI is InChI=1S/C14H13BrN2O4S/c1-21-10-4-2-9(3-5-10)17-14(18)12-8-11(22(16,19)20)6-7-13(12)15/h2-8H,1H3,(H,17,18)(H2,16,19,20). The van der Waals surface area contributed by atoms with E-state index in [1.54, 1.807) is 31.4 Å². The van der Waals surface area contributed by atoms with Crippen LogP contribution in [0.4, 0.5) is 5.69 Å². The van der Waals surface area contributed by atoms with Gasteiger partial charge in [-0.2, -0.15) is 0 Å². The average Bonchev–Trinajstić information content (AvgIpc) is 2.47. The summed E-state index contributed by atoms with van der Waals surface area (Å²) >= 11 is 3.22. The summed E-state index contributed by atoms with van der Waals surface area (Å²) in [6.07, 6.45) is 0. The molecule has 6 nitrogen and oxygen atoms in total. The Labute approximate surface area is 136 Å². The zero-order chi connectivity index (χ0) is 16.3. The first-order valence-corrected chi connectivity index (χ1v) is 8.43. The Balaban J connectivity index is 2.28. The maximum absolute atomic E-state index is 12.3. The van der Waals surface area contributed by atoms with Gasteiger partial charge in [-0.05, 0) is 58.4 Å². The number of amides is 1. The van der Waals surface area contributed by atoms with Crippen molar-refractivity contribution in [2.24, 2.45) is 5.14 Å². The van der Waals surface area contributed by atoms with Crippen molar-refractivity contribution in [1.82, 2.24) is 0 Å². The first kappa shape index (κ1) is 16.5. The highest BCUT2D eigenvalue weighted by molar-refractivity contribution is 9.10. The molecule has 0 saturated carbocycles. The number of hydrogen-bond acceptors (Lipinski definition) is 4. The molecule has 0 spiro atoms. The molecule has 2 rings (SSSR count). The largest absolute Gasteiger partial charge is 0.497 e. The molecule has 22 heavy (non-hydrogen) atoms. The number of methoxy groups -OCH3 is 1. The number of anilines is 1. The lowest BCUT2D eigenvalue weighted by molar-refractivity contribution is 0.102. The smallest absolute Gasteiger partial charge is 0.256 e. The second kappa shape index (κ2) is 6.47. The van der Waals surface area contributed by atoms with Crippen molar-refractivity contribution >= 4 is 37.5 Å². The molecular weight excluding hydrogens is 372 g/mol. The van der Waals surface area contributed by atoms with Crippen LogP contribution in [0.15, 0.2) is 51.8 Å². The van der Waals surface area contributed by atoms with E-state index in [1.165, 1.54) is 18.2 Å². The second-order valence-corrected chi connectivity index (χ2v) is 6.79. The van der Waals surface area contributed by atoms with Crippen LogP contribution in [0.5, 0.6) is 5.75 Å². The number of hydrogen-bond donors (Lipinski definition) is 2. The zero-order valence-corrected chi connectivity index (χ0v) is 13.9. The van der Waals surface area contributed by atoms with Crippen molar-refractivity contribution in [3.8, 4) is 5.75 Å². The highest BCUT2D eigenvalue weighted by Crippen LogP contribution is 2.22. The highest BCUT2D eigenvalue weighted by atomic mass is 79.9. The van der Waals surface area contributed by atoms with Crippen LogP contribution in [0.1, 0.15) is 10.4 Å². The number of halogens is 1. The van der Waals surface area contributed by atoms with Gasteiger partial charge in [0.25, 0.3) is 5.91 Å². The highest BCUT2D eigenvalue weighted by Gasteiger charge is 2.15. The van der Waals surface area contributed by atoms with Crippen LogP contribution in [-0.4, -0.2) is 21.4 Å². The number of carbonyl (C=O) groups excluding carboxylic acids is 1. The van der Waals surface area contributed by atoms with Crippen LogP contribution in [0.2, 0.25) is 0 Å². The molecule has 8 heteroatoms. The number of nitrogens with two attached hydrogens (primary N) is 1. The fourth-order valence-corrected chi connectivity index (χ4v) is 2.69. The summed E-state index contributed by atoms with van der Waals surface area (Å²) in [6, 6.07) is 10.8. The lowest BCUT2D eigenvalue weighted by Crippen LogP contribution is -2.16. The van der Waals surface area contributed by atoms with Crippen LogP contribution in [0, 0.1) is 0 Å². The molecule has 0 aliphatic carbocycles. The number of ether oxygens (including phenoxy) is 1. The molecule has 0 aromatic heterocycles. The lowest BCUT2D eigenvalue weighted by atomic mass is 10.2. The lowest BCUT2D eigenvalue weighted by Gasteiger charge is -2.09. The van der Waals surface area contributed by atoms with Gasteiger partial charge >= 0.3 is 0 Å². The van der Waals surface area contributed by atoms with E-state index in [4.69, 9.17) is 9.88 Å². The number of nitrogens with one attached hydrogen (secondary N) is 1. The number of primary sulfonamides is 1. The second-order valence-electron chi connectivity index (χ2n) is 4.37. The van der Waals surface area contributed by atoms with Crippen LogP contribution in [0.25, 0.3) is 0 Å². The summed E-state index contributed by atoms with van der Waals surface area (Å²) in [7, 11) is -2.33. The summed E-state index contributed by atoms with van der Waals surface area (Å²) in [4.78, 5) is 12.1. The zero-order valence-electron chi connectivity index (χ0n) is 11.5. The summed E-state index contributed by atoms with van der Waals surface area (Å²) in [6.45, 7) is 0. The van der Waals surface area contributed by atoms with Gasteiger partial charge in [-0.1, -0.05) is 0 Å². The Bertz CT molecular complexity index is 804. The van der Waals surface area contributed by atoms with E-state index in [2.05, 4.69) is 21.2 Å². The SMILES string of the molecule is COc1ccc(NC(=O)c2cc(S(N)(=O)=O)ccc2Br)cc1. The van der Waals surface area contributed by atoms with Gasteiger partial charge in [-0.15, -0.1) is 0 Å². The molecule has 0 atom stereocenters. The Kier molecular flexibility index (Phi) is 4.84. The third-order valence-electron chi connectivity index (χ3n) is 2.86. The number of benzene rings is 2. The maximum Gasteiger partial charge on any atom is 0.256 e. The minimum atomic E-state index is -3.87. The molecule has 0 aliphatic heterocycles. The fraction of sp³-hybridized carbons (Fsp3) is 0.0714. The summed E-state index contributed by atoms with van der Waals surface area (Å²) in [5, 5.41) is 7.74. The van der Waals surface area contributed by atoms with Crippen molar-refractivity contribution in [3.63, 3.8) is 0 Å². The summed E-state index contributed by atoms with van der Waals surface area (Å²) in [5.41, 5.74) is 0.723. The molecule has 0 bridgehead atoms. The van der Waals surface area contributed by atoms with E-state index >= 15 is 0 Å². The molecule has 2 aromatic rings. The summed E-state index contributed by atoms with van der Waals surface area (Å²) in [5.74, 6) is 0.206. The predicted molar refractivity (Wildman–Crippen MR) is 86.5 cm³/mol. The normalized spacial score (nSPS) is 11.0. The number of carbonyl (C=O) groups is 1. The third kappa shape index (κ3) is 3.85. The minimum Gasteiger partial charge on any atom is -0.497 e. The van der Waals surface area contributed by atoms with Crippen molar-refractivity contribution in [3.05, 3.63) is 52.5 Å². The van der Waals surface area contributed by atoms with Crippen LogP contribution in [-0.2, 0) is 10.0 Å². The monoisotopic (exact) mass is 384 g/mol. The van der Waals surface area contributed by atoms with Crippen molar-refractivity contribution in [1.29, 1.82) is 0 Å². The van der Waals surface area contributed by atoms with E-state index in [0.717, 1.165) is 0 Å². The van der Waals surface area contributed by atoms with Crippen LogP contribution in [0.3, 0.4) is 0 Å². The van der Waals surface area contributed by atoms with Gasteiger partial charge in [-0.3, -0.25) is 4.79 Å². The van der Waals surface area contributed by atoms with E-state index in [9.17, 15) is 13.2 Å². The van der Waals surface area contributed by atoms with Gasteiger partial charge < -0.3 is 10.1 Å². The molecule has 0 fully saturated rings. The maximum atomic E-state index is 12.3. The average molecular weight is 385 g/mol. The Morgan fingerprint density at radius 2 is 1.82 bits per heavy atom. The minimum absolute atomic E-state index is 0.129. The van der Waals surface area contributed by atoms with E-state index in [-0.39, 0.29) is 10.5 Å². The molecule has 116 valence electrons. The predicted octanol–water partition coefficient (Wildman–Crippen LogP) is 2.36. The molecule has 0 aliphatic rings. The van der Waals surface area contributed by atoms with Crippen LogP contribution < -0.4 is 15.2 Å². The fourth-order valence-electron chi connectivity index (χ4n) is 1.73. The molecular formula is C14H13BrN2O4S. The first-order chi connectivity index (χ1) is 10.3. The Morgan fingerprint density at radius 1 is 1.18 bits per heavy atom. The Morgan fingerprint density at radius 3 is 2.36 bits per heavy atom. The summed E-state index contributed by atoms with van der Waals surface area (Å²) < 4.78 is 28.2. The molecule has 0 saturated heterocycles. The first-order valence-electron chi connectivity index (χ1n) is 6.09. The van der Waals surface area contributed by atoms with Crippen molar-refractivity contribution in [2.45, 2.75) is 4.90 Å². The molecule has 0 heterocycles. The van der Waals surface area contributed by atoms with E-state index in [0.29, 0.717) is 15.9 Å². The van der Waals surface area contributed by atoms with Crippen LogP contribution >= 0.6 is 15.9 Å². The third-order valence-corrected chi connectivity index (χ3v) is 4.46. The van der Waals surface area contributed by atoms with Gasteiger partial charge in [0, 0.05) is 10.2 Å². The van der Waals surface area contributed by atoms with Gasteiger partial charge in [0.05, 0.1) is 17.6 Å². The number of rotatable bonds is 4. The van der Waals surface area contributed by atoms with Crippen molar-refractivity contribution in [2.75, 3.05) is 12.4 Å². The van der Waals surface area contributed by atoms with Crippen molar-refractivity contribution < 1.29 is 17.9 Å². The quantitative estimate of drug-likeness (QED) is 0.844. The van der Waals surface area contributed by atoms with Gasteiger partial charge in [0.1, 0.15) is 5.75 Å². The molecule has 3 N–H and O–H groups in total. The molecule has 0 radical (unpaired) electrons. The van der Waals surface area contributed by atoms with Gasteiger partial charge in [0.2, 0.25) is 10.0 Å². The molecule has 2 aromatic carbocycles. The van der Waals surface area contributed by atoms with E-state index in [1.807, 2.05) is 0 Å². The van der Waals surface area contributed by atoms with Gasteiger partial charge in [-0.25, -0.2) is 13.6 Å².